The van der Waals surface area contributed by atoms with Gasteiger partial charge in [0.25, 0.3) is 0 Å². The Hall–Kier alpha value is -1.89. The summed E-state index contributed by atoms with van der Waals surface area (Å²) in [6.45, 7) is 0.997. The molecule has 2 aromatic rings. The highest BCUT2D eigenvalue weighted by molar-refractivity contribution is 5.25. The highest BCUT2D eigenvalue weighted by atomic mass is 19.4. The lowest BCUT2D eigenvalue weighted by atomic mass is 10.1. The molecule has 4 nitrogen and oxygen atoms in total. The molecule has 0 bridgehead atoms. The molecule has 0 fully saturated rings. The number of alkyl halides is 3. The first-order valence-electron chi connectivity index (χ1n) is 6.16. The van der Waals surface area contributed by atoms with Crippen molar-refractivity contribution < 1.29 is 13.2 Å². The number of halogens is 3. The van der Waals surface area contributed by atoms with E-state index in [1.807, 2.05) is 0 Å². The zero-order valence-corrected chi connectivity index (χ0v) is 11.0. The van der Waals surface area contributed by atoms with Crippen molar-refractivity contribution in [2.24, 2.45) is 7.05 Å². The summed E-state index contributed by atoms with van der Waals surface area (Å²) in [6.07, 6.45) is -2.05. The molecule has 1 aromatic heterocycles. The van der Waals surface area contributed by atoms with E-state index in [-0.39, 0.29) is 0 Å². The van der Waals surface area contributed by atoms with Gasteiger partial charge in [0.15, 0.2) is 5.82 Å². The molecule has 7 heteroatoms. The standard InChI is InChI=1S/C13H15F3N4/c1-20-9-18-12(19-20)5-6-17-8-10-3-2-4-11(7-10)13(14,15)16/h2-4,7,9,17H,5-6,8H2,1H3. The third kappa shape index (κ3) is 4.06. The van der Waals surface area contributed by atoms with Crippen LogP contribution in [0, 0.1) is 0 Å². The maximum absolute atomic E-state index is 12.5. The Morgan fingerprint density at radius 2 is 2.10 bits per heavy atom. The summed E-state index contributed by atoms with van der Waals surface area (Å²) in [5, 5.41) is 7.20. The van der Waals surface area contributed by atoms with E-state index in [1.54, 1.807) is 24.1 Å². The van der Waals surface area contributed by atoms with Crippen LogP contribution >= 0.6 is 0 Å². The van der Waals surface area contributed by atoms with Crippen LogP contribution in [0.2, 0.25) is 0 Å². The van der Waals surface area contributed by atoms with Gasteiger partial charge in [0, 0.05) is 26.6 Å². The molecule has 0 radical (unpaired) electrons. The van der Waals surface area contributed by atoms with E-state index >= 15 is 0 Å². The van der Waals surface area contributed by atoms with Crippen molar-refractivity contribution in [1.29, 1.82) is 0 Å². The van der Waals surface area contributed by atoms with E-state index in [9.17, 15) is 13.2 Å². The molecular formula is C13H15F3N4. The maximum Gasteiger partial charge on any atom is 0.416 e. The van der Waals surface area contributed by atoms with Crippen molar-refractivity contribution in [3.8, 4) is 0 Å². The minimum absolute atomic E-state index is 0.386. The molecule has 1 N–H and O–H groups in total. The Labute approximate surface area is 114 Å². The Morgan fingerprint density at radius 3 is 2.75 bits per heavy atom. The Kier molecular flexibility index (Phi) is 4.39. The molecular weight excluding hydrogens is 269 g/mol. The molecule has 0 aliphatic heterocycles. The quantitative estimate of drug-likeness (QED) is 0.856. The number of benzene rings is 1. The van der Waals surface area contributed by atoms with E-state index < -0.39 is 11.7 Å². The largest absolute Gasteiger partial charge is 0.416 e. The fourth-order valence-corrected chi connectivity index (χ4v) is 1.79. The number of hydrogen-bond acceptors (Lipinski definition) is 3. The molecule has 20 heavy (non-hydrogen) atoms. The molecule has 0 unspecified atom stereocenters. The van der Waals surface area contributed by atoms with Crippen LogP contribution in [-0.4, -0.2) is 21.3 Å². The maximum atomic E-state index is 12.5. The molecule has 0 aliphatic rings. The molecule has 0 amide bonds. The lowest BCUT2D eigenvalue weighted by Crippen LogP contribution is -2.17. The minimum atomic E-state index is -4.30. The summed E-state index contributed by atoms with van der Waals surface area (Å²) in [5.41, 5.74) is -0.0167. The minimum Gasteiger partial charge on any atom is -0.312 e. The molecule has 0 aliphatic carbocycles. The molecule has 2 rings (SSSR count). The monoisotopic (exact) mass is 284 g/mol. The Bertz CT molecular complexity index is 563. The van der Waals surface area contributed by atoms with Gasteiger partial charge in [0.1, 0.15) is 6.33 Å². The van der Waals surface area contributed by atoms with Crippen molar-refractivity contribution in [2.45, 2.75) is 19.1 Å². The van der Waals surface area contributed by atoms with Gasteiger partial charge in [-0.05, 0) is 11.6 Å². The molecule has 0 spiro atoms. The van der Waals surface area contributed by atoms with Crippen molar-refractivity contribution >= 4 is 0 Å². The van der Waals surface area contributed by atoms with E-state index in [4.69, 9.17) is 0 Å². The topological polar surface area (TPSA) is 42.7 Å². The van der Waals surface area contributed by atoms with Crippen LogP contribution in [0.5, 0.6) is 0 Å². The molecule has 1 aromatic carbocycles. The van der Waals surface area contributed by atoms with Crippen LogP contribution in [0.1, 0.15) is 17.0 Å². The molecule has 1 heterocycles. The second-order valence-electron chi connectivity index (χ2n) is 4.46. The fourth-order valence-electron chi connectivity index (χ4n) is 1.79. The first kappa shape index (κ1) is 14.5. The zero-order valence-electron chi connectivity index (χ0n) is 11.0. The molecule has 0 atom stereocenters. The number of nitrogens with one attached hydrogen (secondary N) is 1. The fraction of sp³-hybridized carbons (Fsp3) is 0.385. The van der Waals surface area contributed by atoms with Crippen LogP contribution in [0.15, 0.2) is 30.6 Å². The predicted octanol–water partition coefficient (Wildman–Crippen LogP) is 2.17. The highest BCUT2D eigenvalue weighted by Crippen LogP contribution is 2.29. The van der Waals surface area contributed by atoms with Crippen LogP contribution < -0.4 is 5.32 Å². The first-order chi connectivity index (χ1) is 9.45. The smallest absolute Gasteiger partial charge is 0.312 e. The van der Waals surface area contributed by atoms with Crippen LogP contribution in [0.4, 0.5) is 13.2 Å². The van der Waals surface area contributed by atoms with Crippen molar-refractivity contribution in [3.05, 3.63) is 47.5 Å². The SMILES string of the molecule is Cn1cnc(CCNCc2cccc(C(F)(F)F)c2)n1. The van der Waals surface area contributed by atoms with Gasteiger partial charge in [-0.15, -0.1) is 0 Å². The number of nitrogens with zero attached hydrogens (tertiary/aromatic N) is 3. The van der Waals surface area contributed by atoms with Crippen LogP contribution in [-0.2, 0) is 26.2 Å². The zero-order chi connectivity index (χ0) is 14.6. The first-order valence-corrected chi connectivity index (χ1v) is 6.16. The lowest BCUT2D eigenvalue weighted by molar-refractivity contribution is -0.137. The lowest BCUT2D eigenvalue weighted by Gasteiger charge is -2.09. The van der Waals surface area contributed by atoms with E-state index in [0.29, 0.717) is 30.9 Å². The van der Waals surface area contributed by atoms with Gasteiger partial charge in [0.05, 0.1) is 5.56 Å². The number of hydrogen-bond donors (Lipinski definition) is 1. The van der Waals surface area contributed by atoms with Gasteiger partial charge in [0.2, 0.25) is 0 Å². The normalized spacial score (nSPS) is 11.8. The molecule has 0 saturated heterocycles. The second kappa shape index (κ2) is 6.04. The van der Waals surface area contributed by atoms with Gasteiger partial charge in [-0.1, -0.05) is 18.2 Å². The summed E-state index contributed by atoms with van der Waals surface area (Å²) in [4.78, 5) is 4.07. The number of rotatable bonds is 5. The average Bonchev–Trinajstić information content (AvgIpc) is 2.80. The summed E-state index contributed by atoms with van der Waals surface area (Å²) in [6, 6.07) is 5.31. The van der Waals surface area contributed by atoms with Gasteiger partial charge in [-0.2, -0.15) is 18.3 Å². The van der Waals surface area contributed by atoms with Gasteiger partial charge in [-0.3, -0.25) is 4.68 Å². The molecule has 0 saturated carbocycles. The van der Waals surface area contributed by atoms with Crippen molar-refractivity contribution in [3.63, 3.8) is 0 Å². The Balaban J connectivity index is 1.82. The van der Waals surface area contributed by atoms with Gasteiger partial charge < -0.3 is 5.32 Å². The summed E-state index contributed by atoms with van der Waals surface area (Å²) in [7, 11) is 1.78. The third-order valence-corrected chi connectivity index (χ3v) is 2.76. The van der Waals surface area contributed by atoms with E-state index in [1.165, 1.54) is 6.07 Å². The van der Waals surface area contributed by atoms with Crippen molar-refractivity contribution in [2.75, 3.05) is 6.54 Å². The highest BCUT2D eigenvalue weighted by Gasteiger charge is 2.30. The summed E-state index contributed by atoms with van der Waals surface area (Å²) >= 11 is 0. The third-order valence-electron chi connectivity index (χ3n) is 2.76. The molecule has 108 valence electrons. The predicted molar refractivity (Wildman–Crippen MR) is 67.9 cm³/mol. The van der Waals surface area contributed by atoms with Crippen LogP contribution in [0.25, 0.3) is 0 Å². The van der Waals surface area contributed by atoms with E-state index in [0.717, 1.165) is 12.1 Å². The summed E-state index contributed by atoms with van der Waals surface area (Å²) < 4.78 is 39.2. The van der Waals surface area contributed by atoms with Crippen molar-refractivity contribution in [1.82, 2.24) is 20.1 Å². The summed E-state index contributed by atoms with van der Waals surface area (Å²) in [5.74, 6) is 0.712. The number of aryl methyl sites for hydroxylation is 1. The average molecular weight is 284 g/mol. The van der Waals surface area contributed by atoms with Gasteiger partial charge >= 0.3 is 6.18 Å². The number of aromatic nitrogens is 3. The second-order valence-corrected chi connectivity index (χ2v) is 4.46. The van der Waals surface area contributed by atoms with Gasteiger partial charge in [-0.25, -0.2) is 4.98 Å². The van der Waals surface area contributed by atoms with Crippen LogP contribution in [0.3, 0.4) is 0 Å². The van der Waals surface area contributed by atoms with E-state index in [2.05, 4.69) is 15.4 Å². The Morgan fingerprint density at radius 1 is 1.30 bits per heavy atom.